The summed E-state index contributed by atoms with van der Waals surface area (Å²) in [4.78, 5) is 11.1. The maximum atomic E-state index is 9.29. The molecule has 5 nitrogen and oxygen atoms in total. The number of hydrogen-bond acceptors (Lipinski definition) is 5. The highest BCUT2D eigenvalue weighted by molar-refractivity contribution is 5.34. The van der Waals surface area contributed by atoms with Gasteiger partial charge in [0, 0.05) is 24.7 Å². The van der Waals surface area contributed by atoms with E-state index < -0.39 is 0 Å². The van der Waals surface area contributed by atoms with Crippen LogP contribution < -0.4 is 9.64 Å². The second kappa shape index (κ2) is 6.96. The van der Waals surface area contributed by atoms with Crippen LogP contribution in [0.1, 0.15) is 23.4 Å². The molecule has 2 heterocycles. The van der Waals surface area contributed by atoms with E-state index in [1.165, 1.54) is 0 Å². The molecule has 1 fully saturated rings. The molecule has 0 radical (unpaired) electrons. The summed E-state index contributed by atoms with van der Waals surface area (Å²) < 4.78 is 5.97. The number of anilines is 1. The van der Waals surface area contributed by atoms with Crippen LogP contribution in [0, 0.1) is 19.8 Å². The average Bonchev–Trinajstić information content (AvgIpc) is 3.02. The van der Waals surface area contributed by atoms with Gasteiger partial charge in [0.05, 0.1) is 18.9 Å². The summed E-state index contributed by atoms with van der Waals surface area (Å²) >= 11 is 0. The maximum absolute atomic E-state index is 9.29. The summed E-state index contributed by atoms with van der Waals surface area (Å²) in [5.41, 5.74) is 2.72. The van der Waals surface area contributed by atoms with Crippen molar-refractivity contribution in [1.82, 2.24) is 9.97 Å². The van der Waals surface area contributed by atoms with E-state index in [1.807, 2.05) is 31.2 Å². The van der Waals surface area contributed by atoms with Crippen molar-refractivity contribution < 1.29 is 9.84 Å². The topological polar surface area (TPSA) is 58.5 Å². The van der Waals surface area contributed by atoms with E-state index in [0.29, 0.717) is 24.2 Å². The van der Waals surface area contributed by atoms with Crippen LogP contribution >= 0.6 is 0 Å². The van der Waals surface area contributed by atoms with E-state index in [1.54, 1.807) is 0 Å². The van der Waals surface area contributed by atoms with Gasteiger partial charge in [0.15, 0.2) is 0 Å². The summed E-state index contributed by atoms with van der Waals surface area (Å²) in [7, 11) is 0. The number of aliphatic hydroxyl groups is 1. The van der Waals surface area contributed by atoms with Gasteiger partial charge in [-0.2, -0.15) is 0 Å². The number of para-hydroxylation sites is 1. The van der Waals surface area contributed by atoms with Gasteiger partial charge in [-0.3, -0.25) is 0 Å². The van der Waals surface area contributed by atoms with Gasteiger partial charge < -0.3 is 14.7 Å². The highest BCUT2D eigenvalue weighted by atomic mass is 16.5. The van der Waals surface area contributed by atoms with Crippen LogP contribution in [0.25, 0.3) is 0 Å². The third-order valence-corrected chi connectivity index (χ3v) is 4.19. The lowest BCUT2D eigenvalue weighted by Crippen LogP contribution is -2.24. The van der Waals surface area contributed by atoms with Crippen molar-refractivity contribution in [1.29, 1.82) is 0 Å². The largest absolute Gasteiger partial charge is 0.493 e. The van der Waals surface area contributed by atoms with Crippen molar-refractivity contribution >= 4 is 5.95 Å². The molecular formula is C18H23N3O2. The molecule has 23 heavy (non-hydrogen) atoms. The molecule has 1 aliphatic rings. The van der Waals surface area contributed by atoms with Crippen molar-refractivity contribution in [3.63, 3.8) is 0 Å². The Balaban J connectivity index is 1.60. The van der Waals surface area contributed by atoms with Gasteiger partial charge in [-0.15, -0.1) is 0 Å². The summed E-state index contributed by atoms with van der Waals surface area (Å²) in [6.07, 6.45) is 1.07. The van der Waals surface area contributed by atoms with Gasteiger partial charge in [0.1, 0.15) is 5.75 Å². The Kier molecular flexibility index (Phi) is 4.76. The summed E-state index contributed by atoms with van der Waals surface area (Å²) in [5.74, 6) is 2.14. The number of rotatable bonds is 5. The maximum Gasteiger partial charge on any atom is 0.225 e. The van der Waals surface area contributed by atoms with E-state index >= 15 is 0 Å². The fourth-order valence-corrected chi connectivity index (χ4v) is 2.92. The van der Waals surface area contributed by atoms with Crippen molar-refractivity contribution in [2.75, 3.05) is 24.6 Å². The van der Waals surface area contributed by atoms with Crippen LogP contribution in [0.5, 0.6) is 5.75 Å². The lowest BCUT2D eigenvalue weighted by molar-refractivity contribution is 0.259. The fourth-order valence-electron chi connectivity index (χ4n) is 2.92. The van der Waals surface area contributed by atoms with Gasteiger partial charge in [0.2, 0.25) is 5.95 Å². The minimum absolute atomic E-state index is 0.0516. The van der Waals surface area contributed by atoms with Gasteiger partial charge in [-0.1, -0.05) is 18.2 Å². The quantitative estimate of drug-likeness (QED) is 0.919. The second-order valence-electron chi connectivity index (χ2n) is 6.14. The van der Waals surface area contributed by atoms with Crippen LogP contribution in [-0.4, -0.2) is 34.8 Å². The normalized spacial score (nSPS) is 17.5. The summed E-state index contributed by atoms with van der Waals surface area (Å²) in [6, 6.07) is 9.92. The third-order valence-electron chi connectivity index (χ3n) is 4.19. The molecule has 0 aliphatic carbocycles. The van der Waals surface area contributed by atoms with Crippen molar-refractivity contribution in [3.05, 3.63) is 47.3 Å². The third kappa shape index (κ3) is 3.79. The van der Waals surface area contributed by atoms with Crippen LogP contribution in [0.4, 0.5) is 5.95 Å². The number of ether oxygens (including phenoxy) is 1. The van der Waals surface area contributed by atoms with E-state index in [9.17, 15) is 5.11 Å². The Bertz CT molecular complexity index is 675. The smallest absolute Gasteiger partial charge is 0.225 e. The number of benzene rings is 1. The Morgan fingerprint density at radius 3 is 2.87 bits per heavy atom. The number of aliphatic hydroxyl groups excluding tert-OH is 1. The molecule has 5 heteroatoms. The lowest BCUT2D eigenvalue weighted by Gasteiger charge is -2.18. The van der Waals surface area contributed by atoms with Gasteiger partial charge in [-0.05, 0) is 38.0 Å². The van der Waals surface area contributed by atoms with Crippen LogP contribution in [0.3, 0.4) is 0 Å². The first-order valence-electron chi connectivity index (χ1n) is 8.04. The first-order valence-corrected chi connectivity index (χ1v) is 8.04. The molecule has 3 rings (SSSR count). The van der Waals surface area contributed by atoms with E-state index in [-0.39, 0.29) is 6.61 Å². The Labute approximate surface area is 137 Å². The Hall–Kier alpha value is -2.14. The van der Waals surface area contributed by atoms with Gasteiger partial charge >= 0.3 is 0 Å². The SMILES string of the molecule is Cc1cc(CO)nc(N2CCC(COc3ccccc3C)C2)n1. The Morgan fingerprint density at radius 1 is 1.26 bits per heavy atom. The monoisotopic (exact) mass is 313 g/mol. The van der Waals surface area contributed by atoms with Crippen molar-refractivity contribution in [2.24, 2.45) is 5.92 Å². The molecule has 1 N–H and O–H groups in total. The molecule has 1 aliphatic heterocycles. The Morgan fingerprint density at radius 2 is 2.09 bits per heavy atom. The van der Waals surface area contributed by atoms with Crippen LogP contribution in [0.2, 0.25) is 0 Å². The number of hydrogen-bond donors (Lipinski definition) is 1. The van der Waals surface area contributed by atoms with Crippen molar-refractivity contribution in [2.45, 2.75) is 26.9 Å². The highest BCUT2D eigenvalue weighted by Crippen LogP contribution is 2.23. The molecule has 1 aromatic heterocycles. The first-order chi connectivity index (χ1) is 11.2. The standard InChI is InChI=1S/C18H23N3O2/c1-13-5-3-4-6-17(13)23-12-15-7-8-21(10-15)18-19-14(2)9-16(11-22)20-18/h3-6,9,15,22H,7-8,10-12H2,1-2H3. The number of nitrogens with zero attached hydrogens (tertiary/aromatic N) is 3. The molecule has 1 aromatic carbocycles. The zero-order valence-corrected chi connectivity index (χ0v) is 13.7. The second-order valence-corrected chi connectivity index (χ2v) is 6.14. The number of aromatic nitrogens is 2. The first kappa shape index (κ1) is 15.7. The zero-order valence-electron chi connectivity index (χ0n) is 13.7. The fraction of sp³-hybridized carbons (Fsp3) is 0.444. The van der Waals surface area contributed by atoms with E-state index in [2.05, 4.69) is 27.9 Å². The average molecular weight is 313 g/mol. The molecule has 0 amide bonds. The predicted octanol–water partition coefficient (Wildman–Crippen LogP) is 2.49. The molecule has 122 valence electrons. The van der Waals surface area contributed by atoms with Gasteiger partial charge in [0.25, 0.3) is 0 Å². The zero-order chi connectivity index (χ0) is 16.2. The summed E-state index contributed by atoms with van der Waals surface area (Å²) in [6.45, 7) is 6.47. The molecule has 0 saturated carbocycles. The molecular weight excluding hydrogens is 290 g/mol. The number of aryl methyl sites for hydroxylation is 2. The van der Waals surface area contributed by atoms with E-state index in [4.69, 9.17) is 4.74 Å². The minimum Gasteiger partial charge on any atom is -0.493 e. The van der Waals surface area contributed by atoms with Crippen molar-refractivity contribution in [3.8, 4) is 5.75 Å². The molecule has 1 unspecified atom stereocenters. The highest BCUT2D eigenvalue weighted by Gasteiger charge is 2.25. The van der Waals surface area contributed by atoms with Gasteiger partial charge in [-0.25, -0.2) is 9.97 Å². The molecule has 0 bridgehead atoms. The predicted molar refractivity (Wildman–Crippen MR) is 89.7 cm³/mol. The molecule has 1 saturated heterocycles. The molecule has 1 atom stereocenters. The van der Waals surface area contributed by atoms with Crippen LogP contribution in [0.15, 0.2) is 30.3 Å². The lowest BCUT2D eigenvalue weighted by atomic mass is 10.1. The van der Waals surface area contributed by atoms with E-state index in [0.717, 1.165) is 36.5 Å². The van der Waals surface area contributed by atoms with Crippen LogP contribution in [-0.2, 0) is 6.61 Å². The minimum atomic E-state index is -0.0516. The molecule has 0 spiro atoms. The molecule has 2 aromatic rings. The summed E-state index contributed by atoms with van der Waals surface area (Å²) in [5, 5.41) is 9.29.